The topological polar surface area (TPSA) is 97.1 Å². The van der Waals surface area contributed by atoms with Gasteiger partial charge in [-0.05, 0) is 25.1 Å². The number of nitrogens with zero attached hydrogens (tertiary/aromatic N) is 5. The van der Waals surface area contributed by atoms with Crippen LogP contribution < -0.4 is 10.6 Å². The van der Waals surface area contributed by atoms with E-state index in [1.807, 2.05) is 0 Å². The first kappa shape index (κ1) is 26.4. The summed E-state index contributed by atoms with van der Waals surface area (Å²) in [6.45, 7) is 8.03. The summed E-state index contributed by atoms with van der Waals surface area (Å²) in [7, 11) is 1.44. The summed E-state index contributed by atoms with van der Waals surface area (Å²) in [5.41, 5.74) is 0.0309. The minimum atomic E-state index is -4.71. The minimum Gasteiger partial charge on any atom is -0.336 e. The largest absolute Gasteiger partial charge is 0.435 e. The first-order valence-electron chi connectivity index (χ1n) is 11.4. The van der Waals surface area contributed by atoms with E-state index in [1.54, 1.807) is 11.8 Å². The Labute approximate surface area is 215 Å². The van der Waals surface area contributed by atoms with Crippen LogP contribution in [-0.2, 0) is 19.8 Å². The highest BCUT2D eigenvalue weighted by molar-refractivity contribution is 6.34. The molecule has 0 bridgehead atoms. The van der Waals surface area contributed by atoms with Gasteiger partial charge in [0.25, 0.3) is 11.8 Å². The van der Waals surface area contributed by atoms with Gasteiger partial charge < -0.3 is 20.1 Å². The average Bonchev–Trinajstić information content (AvgIpc) is 3.42. The molecule has 13 heteroatoms. The molecule has 0 atom stereocenters. The summed E-state index contributed by atoms with van der Waals surface area (Å²) in [5, 5.41) is 9.64. The fraction of sp³-hybridized carbons (Fsp3) is 0.333. The van der Waals surface area contributed by atoms with Gasteiger partial charge in [-0.1, -0.05) is 23.8 Å². The number of halogens is 4. The van der Waals surface area contributed by atoms with Crippen molar-refractivity contribution in [1.82, 2.24) is 29.5 Å². The number of aromatic nitrogens is 4. The highest BCUT2D eigenvalue weighted by Crippen LogP contribution is 2.36. The Morgan fingerprint density at radius 2 is 1.95 bits per heavy atom. The molecule has 0 saturated carbocycles. The maximum atomic E-state index is 13.7. The predicted octanol–water partition coefficient (Wildman–Crippen LogP) is 3.83. The van der Waals surface area contributed by atoms with Gasteiger partial charge in [-0.15, -0.1) is 0 Å². The Bertz CT molecular complexity index is 1360. The summed E-state index contributed by atoms with van der Waals surface area (Å²) in [6.07, 6.45) is -2.26. The quantitative estimate of drug-likeness (QED) is 0.468. The Hall–Kier alpha value is -3.64. The summed E-state index contributed by atoms with van der Waals surface area (Å²) < 4.78 is 43.4. The number of imidazole rings is 1. The van der Waals surface area contributed by atoms with E-state index in [2.05, 4.69) is 27.3 Å². The normalized spacial score (nSPS) is 14.1. The lowest BCUT2D eigenvalue weighted by Gasteiger charge is -2.27. The first-order chi connectivity index (χ1) is 17.5. The van der Waals surface area contributed by atoms with Crippen LogP contribution in [0.4, 0.5) is 18.9 Å². The number of rotatable bonds is 6. The fourth-order valence-corrected chi connectivity index (χ4v) is 4.30. The number of benzene rings is 1. The predicted molar refractivity (Wildman–Crippen MR) is 132 cm³/mol. The van der Waals surface area contributed by atoms with E-state index in [-0.39, 0.29) is 34.6 Å². The van der Waals surface area contributed by atoms with E-state index < -0.39 is 17.8 Å². The number of allylic oxidation sites excluding steroid dienone is 1. The number of amides is 2. The van der Waals surface area contributed by atoms with Crippen LogP contribution in [-0.4, -0.2) is 62.2 Å². The zero-order valence-electron chi connectivity index (χ0n) is 20.2. The van der Waals surface area contributed by atoms with Crippen molar-refractivity contribution < 1.29 is 22.8 Å². The van der Waals surface area contributed by atoms with Crippen molar-refractivity contribution in [3.63, 3.8) is 0 Å². The lowest BCUT2D eigenvalue weighted by molar-refractivity contribution is -0.141. The molecule has 9 nitrogen and oxygen atoms in total. The van der Waals surface area contributed by atoms with E-state index in [0.717, 1.165) is 4.68 Å². The molecule has 196 valence electrons. The van der Waals surface area contributed by atoms with Crippen molar-refractivity contribution in [3.05, 3.63) is 64.8 Å². The van der Waals surface area contributed by atoms with Crippen molar-refractivity contribution in [2.24, 2.45) is 7.05 Å². The summed E-state index contributed by atoms with van der Waals surface area (Å²) >= 11 is 6.33. The van der Waals surface area contributed by atoms with Crippen molar-refractivity contribution in [2.45, 2.75) is 19.6 Å². The highest BCUT2D eigenvalue weighted by atomic mass is 35.5. The van der Waals surface area contributed by atoms with Crippen LogP contribution in [0.25, 0.3) is 11.3 Å². The van der Waals surface area contributed by atoms with Crippen LogP contribution >= 0.6 is 11.6 Å². The monoisotopic (exact) mass is 535 g/mol. The second-order valence-corrected chi connectivity index (χ2v) is 9.17. The molecule has 1 aliphatic heterocycles. The van der Waals surface area contributed by atoms with Gasteiger partial charge in [0.1, 0.15) is 0 Å². The zero-order chi connectivity index (χ0) is 26.9. The Balaban J connectivity index is 1.56. The summed E-state index contributed by atoms with van der Waals surface area (Å²) in [5.74, 6) is -0.979. The smallest absolute Gasteiger partial charge is 0.336 e. The third-order valence-electron chi connectivity index (χ3n) is 5.79. The van der Waals surface area contributed by atoms with Crippen molar-refractivity contribution in [3.8, 4) is 11.3 Å². The number of carbonyl (C=O) groups excluding carboxylic acids is 2. The average molecular weight is 536 g/mol. The van der Waals surface area contributed by atoms with Gasteiger partial charge >= 0.3 is 6.18 Å². The Morgan fingerprint density at radius 3 is 2.57 bits per heavy atom. The van der Waals surface area contributed by atoms with E-state index in [9.17, 15) is 22.8 Å². The van der Waals surface area contributed by atoms with Gasteiger partial charge in [0.2, 0.25) is 0 Å². The molecule has 2 N–H and O–H groups in total. The van der Waals surface area contributed by atoms with Crippen molar-refractivity contribution >= 4 is 29.1 Å². The van der Waals surface area contributed by atoms with E-state index in [1.165, 1.54) is 42.2 Å². The van der Waals surface area contributed by atoms with Gasteiger partial charge in [0.15, 0.2) is 11.5 Å². The standard InChI is InChI=1S/C24H25ClF3N7O2/c1-14(2)12-35-13-17(20(32-35)24(26,27)28)19-11-30-21(33(19)3)22(36)31-15-4-5-16(18(25)10-15)23(37)34-8-6-29-7-9-34/h4-5,10-11,13,29H,1,6-9,12H2,2-3H3,(H,31,36). The molecular formula is C24H25ClF3N7O2. The van der Waals surface area contributed by atoms with Gasteiger partial charge in [-0.25, -0.2) is 4.98 Å². The molecule has 1 saturated heterocycles. The molecule has 1 aromatic carbocycles. The van der Waals surface area contributed by atoms with Crippen LogP contribution in [0.2, 0.25) is 5.02 Å². The Kier molecular flexibility index (Phi) is 7.42. The zero-order valence-corrected chi connectivity index (χ0v) is 20.9. The maximum Gasteiger partial charge on any atom is 0.435 e. The van der Waals surface area contributed by atoms with E-state index >= 15 is 0 Å². The first-order valence-corrected chi connectivity index (χ1v) is 11.8. The van der Waals surface area contributed by atoms with E-state index in [0.29, 0.717) is 43.0 Å². The number of nitrogens with one attached hydrogen (secondary N) is 2. The van der Waals surface area contributed by atoms with E-state index in [4.69, 9.17) is 11.6 Å². The highest BCUT2D eigenvalue weighted by Gasteiger charge is 2.38. The van der Waals surface area contributed by atoms with Crippen LogP contribution in [0.1, 0.15) is 33.6 Å². The van der Waals surface area contributed by atoms with Crippen LogP contribution in [0.15, 0.2) is 42.7 Å². The molecule has 3 heterocycles. The molecule has 0 radical (unpaired) electrons. The number of hydrogen-bond acceptors (Lipinski definition) is 5. The third kappa shape index (κ3) is 5.70. The molecule has 0 aliphatic carbocycles. The van der Waals surface area contributed by atoms with Crippen LogP contribution in [0, 0.1) is 0 Å². The molecule has 37 heavy (non-hydrogen) atoms. The van der Waals surface area contributed by atoms with Crippen LogP contribution in [0.3, 0.4) is 0 Å². The minimum absolute atomic E-state index is 0.0699. The Morgan fingerprint density at radius 1 is 1.24 bits per heavy atom. The van der Waals surface area contributed by atoms with Crippen molar-refractivity contribution in [2.75, 3.05) is 31.5 Å². The van der Waals surface area contributed by atoms with Crippen molar-refractivity contribution in [1.29, 1.82) is 0 Å². The van der Waals surface area contributed by atoms with Gasteiger partial charge in [0.05, 0.1) is 34.6 Å². The number of hydrogen-bond donors (Lipinski definition) is 2. The molecule has 0 spiro atoms. The molecule has 2 aromatic heterocycles. The second kappa shape index (κ2) is 10.4. The molecule has 3 aromatic rings. The number of alkyl halides is 3. The molecule has 1 fully saturated rings. The number of carbonyl (C=O) groups is 2. The van der Waals surface area contributed by atoms with Gasteiger partial charge in [-0.3, -0.25) is 14.3 Å². The molecule has 2 amide bonds. The van der Waals surface area contributed by atoms with Gasteiger partial charge in [-0.2, -0.15) is 18.3 Å². The maximum absolute atomic E-state index is 13.7. The number of piperazine rings is 1. The van der Waals surface area contributed by atoms with Gasteiger partial charge in [0, 0.05) is 45.1 Å². The number of anilines is 1. The summed E-state index contributed by atoms with van der Waals surface area (Å²) in [4.78, 5) is 31.4. The lowest BCUT2D eigenvalue weighted by Crippen LogP contribution is -2.46. The summed E-state index contributed by atoms with van der Waals surface area (Å²) in [6, 6.07) is 4.51. The third-order valence-corrected chi connectivity index (χ3v) is 6.10. The molecule has 4 rings (SSSR count). The second-order valence-electron chi connectivity index (χ2n) is 8.76. The molecule has 1 aliphatic rings. The SMILES string of the molecule is C=C(C)Cn1cc(-c2cnc(C(=O)Nc3ccc(C(=O)N4CCNCC4)c(Cl)c3)n2C)c(C(F)(F)F)n1. The molecule has 0 unspecified atom stereocenters. The lowest BCUT2D eigenvalue weighted by atomic mass is 10.1. The molecular weight excluding hydrogens is 511 g/mol. The fourth-order valence-electron chi connectivity index (χ4n) is 4.04. The van der Waals surface area contributed by atoms with Crippen LogP contribution in [0.5, 0.6) is 0 Å².